The summed E-state index contributed by atoms with van der Waals surface area (Å²) in [4.78, 5) is 28.1. The van der Waals surface area contributed by atoms with Crippen LogP contribution >= 0.6 is 0 Å². The highest BCUT2D eigenvalue weighted by molar-refractivity contribution is 5.92. The number of amides is 2. The topological polar surface area (TPSA) is 58.4 Å². The van der Waals surface area contributed by atoms with Crippen molar-refractivity contribution in [2.75, 3.05) is 26.2 Å². The second-order valence-electron chi connectivity index (χ2n) is 6.70. The lowest BCUT2D eigenvalue weighted by Gasteiger charge is -2.48. The number of likely N-dealkylation sites (tertiary alicyclic amines) is 2. The SMILES string of the molecule is CCN1C[C@]2(CCCN(C(=O)c3ccn(C(F)F)n3)C2)CCC1=O. The van der Waals surface area contributed by atoms with Crippen LogP contribution in [0.15, 0.2) is 12.3 Å². The van der Waals surface area contributed by atoms with Crippen LogP contribution < -0.4 is 0 Å². The fourth-order valence-electron chi connectivity index (χ4n) is 3.83. The van der Waals surface area contributed by atoms with E-state index in [9.17, 15) is 18.4 Å². The highest BCUT2D eigenvalue weighted by atomic mass is 19.3. The van der Waals surface area contributed by atoms with Gasteiger partial charge in [-0.25, -0.2) is 4.68 Å². The molecule has 3 rings (SSSR count). The molecule has 0 saturated carbocycles. The molecule has 1 atom stereocenters. The number of carbonyl (C=O) groups excluding carboxylic acids is 2. The Labute approximate surface area is 139 Å². The Hall–Kier alpha value is -1.99. The Kier molecular flexibility index (Phi) is 4.56. The van der Waals surface area contributed by atoms with Gasteiger partial charge in [-0.05, 0) is 32.3 Å². The second kappa shape index (κ2) is 6.49. The van der Waals surface area contributed by atoms with Gasteiger partial charge in [0.15, 0.2) is 5.69 Å². The summed E-state index contributed by atoms with van der Waals surface area (Å²) in [6.07, 6.45) is 4.24. The summed E-state index contributed by atoms with van der Waals surface area (Å²) in [7, 11) is 0. The van der Waals surface area contributed by atoms with Crippen LogP contribution in [0.2, 0.25) is 0 Å². The van der Waals surface area contributed by atoms with Crippen LogP contribution in [0.4, 0.5) is 8.78 Å². The molecule has 1 spiro atoms. The van der Waals surface area contributed by atoms with Crippen LogP contribution in [0, 0.1) is 5.41 Å². The number of alkyl halides is 2. The average molecular weight is 340 g/mol. The molecule has 0 bridgehead atoms. The van der Waals surface area contributed by atoms with E-state index in [-0.39, 0.29) is 22.9 Å². The van der Waals surface area contributed by atoms with Crippen LogP contribution in [0.1, 0.15) is 49.6 Å². The summed E-state index contributed by atoms with van der Waals surface area (Å²) >= 11 is 0. The van der Waals surface area contributed by atoms with Crippen molar-refractivity contribution in [3.05, 3.63) is 18.0 Å². The molecule has 2 aliphatic rings. The molecule has 2 fully saturated rings. The molecular formula is C16H22F2N4O2. The van der Waals surface area contributed by atoms with E-state index in [0.29, 0.717) is 37.3 Å². The molecule has 2 saturated heterocycles. The van der Waals surface area contributed by atoms with E-state index >= 15 is 0 Å². The van der Waals surface area contributed by atoms with Gasteiger partial charge in [0.1, 0.15) is 0 Å². The van der Waals surface area contributed by atoms with E-state index in [2.05, 4.69) is 5.10 Å². The van der Waals surface area contributed by atoms with Gasteiger partial charge in [0.25, 0.3) is 5.91 Å². The molecule has 2 aliphatic heterocycles. The predicted molar refractivity (Wildman–Crippen MR) is 82.5 cm³/mol. The molecule has 8 heteroatoms. The number of nitrogens with zero attached hydrogens (tertiary/aromatic N) is 4. The van der Waals surface area contributed by atoms with Crippen molar-refractivity contribution >= 4 is 11.8 Å². The quantitative estimate of drug-likeness (QED) is 0.847. The summed E-state index contributed by atoms with van der Waals surface area (Å²) in [5.74, 6) is -0.143. The first-order valence-electron chi connectivity index (χ1n) is 8.34. The van der Waals surface area contributed by atoms with Crippen molar-refractivity contribution in [3.63, 3.8) is 0 Å². The van der Waals surface area contributed by atoms with Gasteiger partial charge in [0.05, 0.1) is 0 Å². The first-order valence-corrected chi connectivity index (χ1v) is 8.34. The minimum atomic E-state index is -2.75. The number of halogens is 2. The van der Waals surface area contributed by atoms with Gasteiger partial charge >= 0.3 is 6.55 Å². The molecule has 1 aromatic rings. The van der Waals surface area contributed by atoms with Crippen molar-refractivity contribution in [1.82, 2.24) is 19.6 Å². The van der Waals surface area contributed by atoms with Crippen LogP contribution in [-0.2, 0) is 4.79 Å². The van der Waals surface area contributed by atoms with Crippen molar-refractivity contribution < 1.29 is 18.4 Å². The number of aromatic nitrogens is 2. The third-order valence-corrected chi connectivity index (χ3v) is 5.11. The van der Waals surface area contributed by atoms with Gasteiger partial charge in [-0.3, -0.25) is 9.59 Å². The van der Waals surface area contributed by atoms with Gasteiger partial charge < -0.3 is 9.80 Å². The zero-order valence-electron chi connectivity index (χ0n) is 13.8. The average Bonchev–Trinajstić information content (AvgIpc) is 3.07. The standard InChI is InChI=1S/C16H22F2N4O2/c1-2-20-10-16(7-4-13(20)23)6-3-8-21(11-16)14(24)12-5-9-22(19-12)15(17)18/h5,9,15H,2-4,6-8,10-11H2,1H3/t16-/m0/s1. The molecule has 0 aromatic carbocycles. The maximum Gasteiger partial charge on any atom is 0.333 e. The monoisotopic (exact) mass is 340 g/mol. The van der Waals surface area contributed by atoms with E-state index < -0.39 is 6.55 Å². The maximum atomic E-state index is 12.6. The fourth-order valence-corrected chi connectivity index (χ4v) is 3.83. The van der Waals surface area contributed by atoms with Crippen LogP contribution in [0.3, 0.4) is 0 Å². The molecule has 6 nitrogen and oxygen atoms in total. The van der Waals surface area contributed by atoms with Crippen molar-refractivity contribution in [2.45, 2.75) is 39.2 Å². The number of hydrogen-bond acceptors (Lipinski definition) is 3. The van der Waals surface area contributed by atoms with E-state index in [1.165, 1.54) is 6.07 Å². The van der Waals surface area contributed by atoms with Crippen molar-refractivity contribution in [2.24, 2.45) is 5.41 Å². The molecule has 0 aliphatic carbocycles. The number of carbonyl (C=O) groups is 2. The largest absolute Gasteiger partial charge is 0.342 e. The molecule has 132 valence electrons. The normalized spacial score (nSPS) is 24.9. The first-order chi connectivity index (χ1) is 11.4. The van der Waals surface area contributed by atoms with E-state index in [0.717, 1.165) is 25.5 Å². The summed E-state index contributed by atoms with van der Waals surface area (Å²) < 4.78 is 25.7. The lowest BCUT2D eigenvalue weighted by Crippen LogP contribution is -2.55. The van der Waals surface area contributed by atoms with Gasteiger partial charge in [-0.2, -0.15) is 13.9 Å². The van der Waals surface area contributed by atoms with Crippen LogP contribution in [0.5, 0.6) is 0 Å². The Morgan fingerprint density at radius 3 is 2.83 bits per heavy atom. The zero-order valence-corrected chi connectivity index (χ0v) is 13.8. The lowest BCUT2D eigenvalue weighted by molar-refractivity contribution is -0.138. The van der Waals surface area contributed by atoms with Crippen LogP contribution in [-0.4, -0.2) is 57.6 Å². The third kappa shape index (κ3) is 3.14. The number of piperidine rings is 2. The summed E-state index contributed by atoms with van der Waals surface area (Å²) in [6.45, 7) is 1.70. The Bertz CT molecular complexity index is 633. The van der Waals surface area contributed by atoms with Crippen LogP contribution in [0.25, 0.3) is 0 Å². The van der Waals surface area contributed by atoms with E-state index in [1.54, 1.807) is 4.90 Å². The van der Waals surface area contributed by atoms with E-state index in [1.807, 2.05) is 11.8 Å². The Morgan fingerprint density at radius 2 is 2.17 bits per heavy atom. The third-order valence-electron chi connectivity index (χ3n) is 5.11. The van der Waals surface area contributed by atoms with E-state index in [4.69, 9.17) is 0 Å². The molecule has 3 heterocycles. The smallest absolute Gasteiger partial charge is 0.333 e. The fraction of sp³-hybridized carbons (Fsp3) is 0.688. The summed E-state index contributed by atoms with van der Waals surface area (Å²) in [5, 5.41) is 3.67. The molecule has 0 N–H and O–H groups in total. The summed E-state index contributed by atoms with van der Waals surface area (Å²) in [6, 6.07) is 1.33. The highest BCUT2D eigenvalue weighted by Crippen LogP contribution is 2.39. The lowest BCUT2D eigenvalue weighted by atomic mass is 9.73. The molecular weight excluding hydrogens is 318 g/mol. The van der Waals surface area contributed by atoms with Crippen molar-refractivity contribution in [3.8, 4) is 0 Å². The molecule has 0 radical (unpaired) electrons. The van der Waals surface area contributed by atoms with Gasteiger partial charge in [0.2, 0.25) is 5.91 Å². The number of rotatable bonds is 3. The van der Waals surface area contributed by atoms with Gasteiger partial charge in [-0.1, -0.05) is 0 Å². The van der Waals surface area contributed by atoms with Gasteiger partial charge in [0, 0.05) is 44.2 Å². The number of hydrogen-bond donors (Lipinski definition) is 0. The zero-order chi connectivity index (χ0) is 17.3. The molecule has 2 amide bonds. The van der Waals surface area contributed by atoms with Gasteiger partial charge in [-0.15, -0.1) is 0 Å². The summed E-state index contributed by atoms with van der Waals surface area (Å²) in [5.41, 5.74) is -0.0325. The minimum absolute atomic E-state index is 0.0478. The first kappa shape index (κ1) is 16.9. The molecule has 24 heavy (non-hydrogen) atoms. The predicted octanol–water partition coefficient (Wildman–Crippen LogP) is 2.14. The second-order valence-corrected chi connectivity index (χ2v) is 6.70. The minimum Gasteiger partial charge on any atom is -0.342 e. The Balaban J connectivity index is 1.73. The highest BCUT2D eigenvalue weighted by Gasteiger charge is 2.42. The molecule has 1 aromatic heterocycles. The molecule has 0 unspecified atom stereocenters. The Morgan fingerprint density at radius 1 is 1.38 bits per heavy atom. The van der Waals surface area contributed by atoms with Crippen molar-refractivity contribution in [1.29, 1.82) is 0 Å². The maximum absolute atomic E-state index is 12.6.